The summed E-state index contributed by atoms with van der Waals surface area (Å²) in [5, 5.41) is 3.27. The van der Waals surface area contributed by atoms with Crippen LogP contribution in [0.4, 0.5) is 0 Å². The summed E-state index contributed by atoms with van der Waals surface area (Å²) in [6.07, 6.45) is 2.69. The summed E-state index contributed by atoms with van der Waals surface area (Å²) in [6.45, 7) is 10.9. The monoisotopic (exact) mass is 268 g/mol. The van der Waals surface area contributed by atoms with Gasteiger partial charge in [0.2, 0.25) is 5.91 Å². The van der Waals surface area contributed by atoms with Gasteiger partial charge in [0, 0.05) is 24.4 Å². The van der Waals surface area contributed by atoms with E-state index in [-0.39, 0.29) is 23.0 Å². The van der Waals surface area contributed by atoms with Gasteiger partial charge in [0.1, 0.15) is 5.78 Å². The predicted octanol–water partition coefficient (Wildman–Crippen LogP) is 1.84. The zero-order valence-electron chi connectivity index (χ0n) is 12.8. The lowest BCUT2D eigenvalue weighted by molar-refractivity contribution is -0.136. The first-order chi connectivity index (χ1) is 9.03. The predicted molar refractivity (Wildman–Crippen MR) is 76.9 cm³/mol. The average molecular weight is 268 g/mol. The number of amides is 1. The highest BCUT2D eigenvalue weighted by molar-refractivity contribution is 5.85. The van der Waals surface area contributed by atoms with E-state index in [0.717, 1.165) is 38.9 Å². The lowest BCUT2D eigenvalue weighted by atomic mass is 9.86. The first-order valence-corrected chi connectivity index (χ1v) is 7.53. The van der Waals surface area contributed by atoms with Gasteiger partial charge in [0.05, 0.1) is 0 Å². The first kappa shape index (κ1) is 16.2. The number of carbonyl (C=O) groups excluding carboxylic acids is 2. The summed E-state index contributed by atoms with van der Waals surface area (Å²) < 4.78 is 0. The zero-order chi connectivity index (χ0) is 14.5. The Morgan fingerprint density at radius 1 is 1.21 bits per heavy atom. The van der Waals surface area contributed by atoms with Crippen molar-refractivity contribution in [3.05, 3.63) is 0 Å². The molecule has 0 aromatic rings. The van der Waals surface area contributed by atoms with Crippen molar-refractivity contribution in [2.75, 3.05) is 26.2 Å². The van der Waals surface area contributed by atoms with E-state index in [2.05, 4.69) is 5.32 Å². The van der Waals surface area contributed by atoms with Crippen molar-refractivity contribution in [2.24, 2.45) is 11.3 Å². The Morgan fingerprint density at radius 3 is 2.26 bits per heavy atom. The number of rotatable bonds is 2. The molecule has 0 aromatic carbocycles. The van der Waals surface area contributed by atoms with Crippen LogP contribution in [0.15, 0.2) is 0 Å². The average Bonchev–Trinajstić information content (AvgIpc) is 2.85. The molecule has 0 bridgehead atoms. The topological polar surface area (TPSA) is 49.4 Å². The van der Waals surface area contributed by atoms with E-state index >= 15 is 0 Å². The minimum absolute atomic E-state index is 0.172. The van der Waals surface area contributed by atoms with E-state index in [0.29, 0.717) is 6.54 Å². The molecule has 2 saturated heterocycles. The molecule has 0 aliphatic carbocycles. The second-order valence-corrected chi connectivity index (χ2v) is 5.65. The van der Waals surface area contributed by atoms with Crippen molar-refractivity contribution >= 4 is 11.7 Å². The number of piperidine rings is 1. The van der Waals surface area contributed by atoms with Gasteiger partial charge in [0.25, 0.3) is 0 Å². The fourth-order valence-corrected chi connectivity index (χ4v) is 2.76. The molecule has 1 atom stereocenters. The fourth-order valence-electron chi connectivity index (χ4n) is 2.76. The molecule has 2 aliphatic rings. The number of ketones is 1. The quantitative estimate of drug-likeness (QED) is 0.831. The molecule has 19 heavy (non-hydrogen) atoms. The van der Waals surface area contributed by atoms with Gasteiger partial charge in [-0.3, -0.25) is 9.59 Å². The minimum atomic E-state index is -0.303. The molecule has 1 unspecified atom stereocenters. The SMILES string of the molecule is CC.CC(=O)C1(C)CCN(C(=O)C2CCNCC2)C1. The molecule has 4 nitrogen and oxygen atoms in total. The molecule has 0 radical (unpaired) electrons. The van der Waals surface area contributed by atoms with Crippen molar-refractivity contribution in [2.45, 2.75) is 47.0 Å². The van der Waals surface area contributed by atoms with Gasteiger partial charge in [-0.25, -0.2) is 0 Å². The molecular weight excluding hydrogens is 240 g/mol. The summed E-state index contributed by atoms with van der Waals surface area (Å²) in [7, 11) is 0. The number of nitrogens with zero attached hydrogens (tertiary/aromatic N) is 1. The van der Waals surface area contributed by atoms with Crippen molar-refractivity contribution in [1.29, 1.82) is 0 Å². The van der Waals surface area contributed by atoms with Gasteiger partial charge in [-0.15, -0.1) is 0 Å². The number of carbonyl (C=O) groups is 2. The molecule has 1 amide bonds. The van der Waals surface area contributed by atoms with Gasteiger partial charge in [-0.05, 0) is 39.3 Å². The van der Waals surface area contributed by atoms with Crippen LogP contribution in [0.2, 0.25) is 0 Å². The maximum Gasteiger partial charge on any atom is 0.225 e. The molecule has 110 valence electrons. The molecular formula is C15H28N2O2. The molecule has 2 rings (SSSR count). The van der Waals surface area contributed by atoms with Gasteiger partial charge in [-0.1, -0.05) is 20.8 Å². The maximum atomic E-state index is 12.3. The first-order valence-electron chi connectivity index (χ1n) is 7.53. The number of likely N-dealkylation sites (tertiary alicyclic amines) is 1. The smallest absolute Gasteiger partial charge is 0.225 e. The van der Waals surface area contributed by atoms with Crippen LogP contribution in [-0.4, -0.2) is 42.8 Å². The van der Waals surface area contributed by atoms with Gasteiger partial charge >= 0.3 is 0 Å². The highest BCUT2D eigenvalue weighted by atomic mass is 16.2. The molecule has 0 aromatic heterocycles. The van der Waals surface area contributed by atoms with Crippen LogP contribution in [0.1, 0.15) is 47.0 Å². The lowest BCUT2D eigenvalue weighted by Crippen LogP contribution is -2.41. The number of nitrogens with one attached hydrogen (secondary N) is 1. The molecule has 2 heterocycles. The number of Topliss-reactive ketones (excluding diaryl/α,β-unsaturated/α-hetero) is 1. The van der Waals surface area contributed by atoms with Crippen LogP contribution in [0.3, 0.4) is 0 Å². The van der Waals surface area contributed by atoms with Crippen LogP contribution < -0.4 is 5.32 Å². The van der Waals surface area contributed by atoms with Crippen LogP contribution in [0, 0.1) is 11.3 Å². The largest absolute Gasteiger partial charge is 0.341 e. The van der Waals surface area contributed by atoms with Crippen LogP contribution in [-0.2, 0) is 9.59 Å². The van der Waals surface area contributed by atoms with Crippen LogP contribution >= 0.6 is 0 Å². The molecule has 1 N–H and O–H groups in total. The third kappa shape index (κ3) is 3.78. The van der Waals surface area contributed by atoms with Crippen molar-refractivity contribution in [3.63, 3.8) is 0 Å². The fraction of sp³-hybridized carbons (Fsp3) is 0.867. The van der Waals surface area contributed by atoms with Crippen molar-refractivity contribution in [3.8, 4) is 0 Å². The van der Waals surface area contributed by atoms with Gasteiger partial charge in [0.15, 0.2) is 0 Å². The highest BCUT2D eigenvalue weighted by Crippen LogP contribution is 2.32. The minimum Gasteiger partial charge on any atom is -0.341 e. The van der Waals surface area contributed by atoms with E-state index in [4.69, 9.17) is 0 Å². The Labute approximate surface area is 116 Å². The van der Waals surface area contributed by atoms with E-state index in [1.165, 1.54) is 0 Å². The molecule has 0 spiro atoms. The van der Waals surface area contributed by atoms with Crippen LogP contribution in [0.25, 0.3) is 0 Å². The maximum absolute atomic E-state index is 12.3. The van der Waals surface area contributed by atoms with E-state index in [9.17, 15) is 9.59 Å². The third-order valence-electron chi connectivity index (χ3n) is 4.32. The lowest BCUT2D eigenvalue weighted by Gasteiger charge is -2.28. The zero-order valence-corrected chi connectivity index (χ0v) is 12.8. The number of hydrogen-bond donors (Lipinski definition) is 1. The normalized spacial score (nSPS) is 27.7. The molecule has 2 aliphatic heterocycles. The van der Waals surface area contributed by atoms with E-state index in [1.807, 2.05) is 25.7 Å². The van der Waals surface area contributed by atoms with E-state index < -0.39 is 0 Å². The van der Waals surface area contributed by atoms with Crippen LogP contribution in [0.5, 0.6) is 0 Å². The summed E-state index contributed by atoms with van der Waals surface area (Å²) in [5.74, 6) is 0.639. The molecule has 0 saturated carbocycles. The van der Waals surface area contributed by atoms with Crippen molar-refractivity contribution in [1.82, 2.24) is 10.2 Å². The summed E-state index contributed by atoms with van der Waals surface area (Å²) in [5.41, 5.74) is -0.303. The van der Waals surface area contributed by atoms with Gasteiger partial charge in [-0.2, -0.15) is 0 Å². The second-order valence-electron chi connectivity index (χ2n) is 5.65. The summed E-state index contributed by atoms with van der Waals surface area (Å²) in [4.78, 5) is 25.8. The third-order valence-corrected chi connectivity index (χ3v) is 4.32. The Morgan fingerprint density at radius 2 is 1.79 bits per heavy atom. The Kier molecular flexibility index (Phi) is 5.98. The van der Waals surface area contributed by atoms with Gasteiger partial charge < -0.3 is 10.2 Å². The molecule has 4 heteroatoms. The Balaban J connectivity index is 0.000000861. The second kappa shape index (κ2) is 7.04. The Hall–Kier alpha value is -0.900. The molecule has 2 fully saturated rings. The summed E-state index contributed by atoms with van der Waals surface area (Å²) in [6, 6.07) is 0. The Bertz CT molecular complexity index is 324. The standard InChI is InChI=1S/C13H22N2O2.C2H6/c1-10(16)13(2)5-8-15(9-13)12(17)11-3-6-14-7-4-11;1-2/h11,14H,3-9H2,1-2H3;1-2H3. The highest BCUT2D eigenvalue weighted by Gasteiger charge is 2.41. The summed E-state index contributed by atoms with van der Waals surface area (Å²) >= 11 is 0. The van der Waals surface area contributed by atoms with E-state index in [1.54, 1.807) is 6.92 Å². The number of hydrogen-bond acceptors (Lipinski definition) is 3. The van der Waals surface area contributed by atoms with Crippen molar-refractivity contribution < 1.29 is 9.59 Å².